The van der Waals surface area contributed by atoms with Crippen molar-refractivity contribution >= 4 is 5.97 Å². The van der Waals surface area contributed by atoms with Crippen LogP contribution >= 0.6 is 0 Å². The molecule has 0 spiro atoms. The summed E-state index contributed by atoms with van der Waals surface area (Å²) in [5.41, 5.74) is 3.00. The quantitative estimate of drug-likeness (QED) is 0.352. The minimum Gasteiger partial charge on any atom is -0.465 e. The fourth-order valence-electron chi connectivity index (χ4n) is 1.23. The fourth-order valence-corrected chi connectivity index (χ4v) is 1.23. The summed E-state index contributed by atoms with van der Waals surface area (Å²) < 4.78 is 9.48. The van der Waals surface area contributed by atoms with Crippen molar-refractivity contribution in [1.29, 1.82) is 0 Å². The number of carbonyl (C=O) groups is 1. The van der Waals surface area contributed by atoms with Gasteiger partial charge in [0.05, 0.1) is 25.4 Å². The van der Waals surface area contributed by atoms with E-state index in [1.54, 1.807) is 18.2 Å². The first-order valence-corrected chi connectivity index (χ1v) is 5.72. The summed E-state index contributed by atoms with van der Waals surface area (Å²) >= 11 is 0. The van der Waals surface area contributed by atoms with Gasteiger partial charge < -0.3 is 14.6 Å². The molecule has 0 saturated carbocycles. The summed E-state index contributed by atoms with van der Waals surface area (Å²) in [6, 6.07) is 0. The Hall–Kier alpha value is -1.35. The van der Waals surface area contributed by atoms with Gasteiger partial charge in [-0.15, -0.1) is 5.73 Å². The molecule has 0 heterocycles. The smallest absolute Gasteiger partial charge is 0.342 e. The van der Waals surface area contributed by atoms with Crippen molar-refractivity contribution in [3.63, 3.8) is 0 Å². The summed E-state index contributed by atoms with van der Waals surface area (Å²) in [7, 11) is 2.86. The Labute approximate surface area is 109 Å². The van der Waals surface area contributed by atoms with Gasteiger partial charge in [0.15, 0.2) is 0 Å². The lowest BCUT2D eigenvalue weighted by atomic mass is 9.87. The summed E-state index contributed by atoms with van der Waals surface area (Å²) in [5.74, 6) is -0.399. The third-order valence-electron chi connectivity index (χ3n) is 2.13. The molecule has 0 radical (unpaired) electrons. The molecule has 0 rings (SSSR count). The van der Waals surface area contributed by atoms with Crippen LogP contribution in [0, 0.1) is 5.41 Å². The van der Waals surface area contributed by atoms with Crippen molar-refractivity contribution in [3.8, 4) is 0 Å². The van der Waals surface area contributed by atoms with E-state index in [-0.39, 0.29) is 12.0 Å². The van der Waals surface area contributed by atoms with Gasteiger partial charge in [-0.1, -0.05) is 32.9 Å². The Kier molecular flexibility index (Phi) is 7.29. The topological polar surface area (TPSA) is 55.8 Å². The van der Waals surface area contributed by atoms with E-state index < -0.39 is 12.1 Å². The number of aliphatic hydroxyl groups excluding tert-OH is 1. The molecule has 0 aromatic heterocycles. The summed E-state index contributed by atoms with van der Waals surface area (Å²) in [6.45, 7) is 5.95. The van der Waals surface area contributed by atoms with E-state index in [0.717, 1.165) is 0 Å². The second-order valence-electron chi connectivity index (χ2n) is 4.84. The average Bonchev–Trinajstić information content (AvgIpc) is 2.26. The van der Waals surface area contributed by atoms with Crippen LogP contribution in [0.4, 0.5) is 0 Å². The van der Waals surface area contributed by atoms with E-state index in [9.17, 15) is 9.90 Å². The summed E-state index contributed by atoms with van der Waals surface area (Å²) in [6.07, 6.45) is 4.10. The Morgan fingerprint density at radius 1 is 1.39 bits per heavy atom. The number of methoxy groups -OCH3 is 2. The van der Waals surface area contributed by atoms with Crippen molar-refractivity contribution in [2.45, 2.75) is 26.9 Å². The van der Waals surface area contributed by atoms with Crippen molar-refractivity contribution in [2.75, 3.05) is 20.8 Å². The first-order chi connectivity index (χ1) is 8.32. The Balaban J connectivity index is 4.92. The molecular weight excluding hydrogens is 232 g/mol. The molecule has 0 aromatic rings. The molecule has 0 aliphatic rings. The zero-order valence-electron chi connectivity index (χ0n) is 11.7. The average molecular weight is 254 g/mol. The largest absolute Gasteiger partial charge is 0.465 e. The zero-order valence-corrected chi connectivity index (χ0v) is 11.7. The van der Waals surface area contributed by atoms with Gasteiger partial charge in [0, 0.05) is 12.5 Å². The lowest BCUT2D eigenvalue weighted by molar-refractivity contribution is -0.137. The van der Waals surface area contributed by atoms with Gasteiger partial charge in [-0.25, -0.2) is 4.79 Å². The van der Waals surface area contributed by atoms with Gasteiger partial charge in [-0.3, -0.25) is 0 Å². The van der Waals surface area contributed by atoms with Crippen LogP contribution in [0.15, 0.2) is 29.5 Å². The highest BCUT2D eigenvalue weighted by Gasteiger charge is 2.23. The first kappa shape index (κ1) is 16.6. The highest BCUT2D eigenvalue weighted by molar-refractivity contribution is 5.89. The van der Waals surface area contributed by atoms with E-state index >= 15 is 0 Å². The van der Waals surface area contributed by atoms with Crippen molar-refractivity contribution in [1.82, 2.24) is 0 Å². The third kappa shape index (κ3) is 6.40. The van der Waals surface area contributed by atoms with Crippen LogP contribution in [0.3, 0.4) is 0 Å². The van der Waals surface area contributed by atoms with Crippen LogP contribution in [0.25, 0.3) is 0 Å². The minimum absolute atomic E-state index is 0.233. The molecular formula is C14H22O4. The summed E-state index contributed by atoms with van der Waals surface area (Å²) in [4.78, 5) is 11.6. The number of esters is 1. The third-order valence-corrected chi connectivity index (χ3v) is 2.13. The van der Waals surface area contributed by atoms with Crippen LogP contribution in [0.5, 0.6) is 0 Å². The number of hydrogen-bond acceptors (Lipinski definition) is 4. The number of carbonyl (C=O) groups excluding carboxylic acids is 1. The van der Waals surface area contributed by atoms with E-state index in [1.165, 1.54) is 14.2 Å². The maximum atomic E-state index is 11.6. The summed E-state index contributed by atoms with van der Waals surface area (Å²) in [5, 5.41) is 9.37. The Morgan fingerprint density at radius 3 is 2.44 bits per heavy atom. The van der Waals surface area contributed by atoms with E-state index in [0.29, 0.717) is 5.57 Å². The standard InChI is InChI=1S/C14H22O4/c1-14(2,3)12(13(16)18-5)9-7-6-8-11(15)10-17-4/h6-8,11,15H,10H2,1-5H3/b8-6+/t9?,11-/m1/s1. The zero-order chi connectivity index (χ0) is 14.2. The number of ether oxygens (including phenoxy) is 2. The van der Waals surface area contributed by atoms with Crippen LogP contribution in [-0.2, 0) is 14.3 Å². The van der Waals surface area contributed by atoms with Gasteiger partial charge in [-0.05, 0) is 6.08 Å². The van der Waals surface area contributed by atoms with Gasteiger partial charge in [0.2, 0.25) is 0 Å². The van der Waals surface area contributed by atoms with Gasteiger partial charge in [-0.2, -0.15) is 0 Å². The van der Waals surface area contributed by atoms with Crippen molar-refractivity contribution in [2.24, 2.45) is 5.41 Å². The van der Waals surface area contributed by atoms with E-state index in [1.807, 2.05) is 20.8 Å². The molecule has 1 N–H and O–H groups in total. The van der Waals surface area contributed by atoms with Crippen molar-refractivity contribution in [3.05, 3.63) is 29.5 Å². The number of aliphatic hydroxyl groups is 1. The Bertz CT molecular complexity index is 354. The molecule has 102 valence electrons. The fraction of sp³-hybridized carbons (Fsp3) is 0.571. The second kappa shape index (κ2) is 7.88. The number of hydrogen-bond donors (Lipinski definition) is 1. The molecule has 0 amide bonds. The molecule has 4 heteroatoms. The highest BCUT2D eigenvalue weighted by Crippen LogP contribution is 2.24. The van der Waals surface area contributed by atoms with Crippen LogP contribution in [0.1, 0.15) is 20.8 Å². The molecule has 0 aliphatic heterocycles. The SMILES string of the molecule is COC[C@H](O)/C=C/C=C=C(C(=O)OC)C(C)(C)C. The highest BCUT2D eigenvalue weighted by atomic mass is 16.5. The lowest BCUT2D eigenvalue weighted by Crippen LogP contribution is -2.18. The molecule has 0 bridgehead atoms. The van der Waals surface area contributed by atoms with Crippen LogP contribution in [-0.4, -0.2) is 38.0 Å². The van der Waals surface area contributed by atoms with Crippen LogP contribution < -0.4 is 0 Å². The number of allylic oxidation sites excluding steroid dienone is 1. The van der Waals surface area contributed by atoms with Gasteiger partial charge in [0.25, 0.3) is 0 Å². The van der Waals surface area contributed by atoms with Gasteiger partial charge in [0.1, 0.15) is 0 Å². The molecule has 0 fully saturated rings. The lowest BCUT2D eigenvalue weighted by Gasteiger charge is -2.18. The minimum atomic E-state index is -0.663. The maximum Gasteiger partial charge on any atom is 0.342 e. The molecule has 0 saturated heterocycles. The normalized spacial score (nSPS) is 13.0. The van der Waals surface area contributed by atoms with E-state index in [4.69, 9.17) is 9.47 Å². The molecule has 1 atom stereocenters. The second-order valence-corrected chi connectivity index (χ2v) is 4.84. The first-order valence-electron chi connectivity index (χ1n) is 5.72. The van der Waals surface area contributed by atoms with Gasteiger partial charge >= 0.3 is 5.97 Å². The molecule has 4 nitrogen and oxygen atoms in total. The number of rotatable bonds is 5. The Morgan fingerprint density at radius 2 is 2.00 bits per heavy atom. The molecule has 18 heavy (non-hydrogen) atoms. The molecule has 0 aromatic carbocycles. The van der Waals surface area contributed by atoms with E-state index in [2.05, 4.69) is 5.73 Å². The van der Waals surface area contributed by atoms with Crippen molar-refractivity contribution < 1.29 is 19.4 Å². The predicted octanol–water partition coefficient (Wildman–Crippen LogP) is 1.85. The maximum absolute atomic E-state index is 11.6. The molecule has 0 aliphatic carbocycles. The molecule has 0 unspecified atom stereocenters. The van der Waals surface area contributed by atoms with Crippen LogP contribution in [0.2, 0.25) is 0 Å². The predicted molar refractivity (Wildman–Crippen MR) is 70.1 cm³/mol. The monoisotopic (exact) mass is 254 g/mol.